The molecule has 0 unspecified atom stereocenters. The molecule has 0 spiro atoms. The van der Waals surface area contributed by atoms with Crippen molar-refractivity contribution in [3.63, 3.8) is 0 Å². The van der Waals surface area contributed by atoms with Gasteiger partial charge in [0, 0.05) is 38.3 Å². The van der Waals surface area contributed by atoms with Gasteiger partial charge in [-0.2, -0.15) is 0 Å². The first-order valence-corrected chi connectivity index (χ1v) is 8.92. The number of carbonyl (C=O) groups is 1. The standard InChI is InChI=1S/C14H19N3O3S/c1-21(19,20)17-7-4-11-10-12(2-3-13(11)17)14(18)16-8-5-15-6-9-16/h2-3,10,15H,4-9H2,1H3. The first-order valence-electron chi connectivity index (χ1n) is 7.07. The lowest BCUT2D eigenvalue weighted by Crippen LogP contribution is -2.46. The molecule has 1 fully saturated rings. The molecule has 2 aliphatic rings. The molecular formula is C14H19N3O3S. The van der Waals surface area contributed by atoms with Crippen molar-refractivity contribution in [1.82, 2.24) is 10.2 Å². The highest BCUT2D eigenvalue weighted by Crippen LogP contribution is 2.31. The number of amides is 1. The fraction of sp³-hybridized carbons (Fsp3) is 0.500. The van der Waals surface area contributed by atoms with Crippen LogP contribution in [-0.4, -0.2) is 58.2 Å². The van der Waals surface area contributed by atoms with Gasteiger partial charge < -0.3 is 10.2 Å². The van der Waals surface area contributed by atoms with E-state index in [2.05, 4.69) is 5.32 Å². The summed E-state index contributed by atoms with van der Waals surface area (Å²) in [5.74, 6) is 0.0251. The molecule has 7 heteroatoms. The molecule has 1 N–H and O–H groups in total. The number of rotatable bonds is 2. The van der Waals surface area contributed by atoms with Crippen molar-refractivity contribution in [1.29, 1.82) is 0 Å². The molecular weight excluding hydrogens is 290 g/mol. The Labute approximate surface area is 124 Å². The van der Waals surface area contributed by atoms with Crippen molar-refractivity contribution < 1.29 is 13.2 Å². The van der Waals surface area contributed by atoms with Crippen LogP contribution < -0.4 is 9.62 Å². The molecule has 0 bridgehead atoms. The Balaban J connectivity index is 1.86. The summed E-state index contributed by atoms with van der Waals surface area (Å²) < 4.78 is 24.8. The molecule has 6 nitrogen and oxygen atoms in total. The fourth-order valence-electron chi connectivity index (χ4n) is 2.90. The number of piperazine rings is 1. The maximum atomic E-state index is 12.4. The van der Waals surface area contributed by atoms with E-state index in [0.29, 0.717) is 37.3 Å². The summed E-state index contributed by atoms with van der Waals surface area (Å²) in [7, 11) is -3.24. The Morgan fingerprint density at radius 1 is 1.19 bits per heavy atom. The van der Waals surface area contributed by atoms with Crippen molar-refractivity contribution >= 4 is 21.6 Å². The number of nitrogens with zero attached hydrogens (tertiary/aromatic N) is 2. The van der Waals surface area contributed by atoms with Crippen LogP contribution in [0.25, 0.3) is 0 Å². The predicted octanol–water partition coefficient (Wildman–Crippen LogP) is 0.0541. The lowest BCUT2D eigenvalue weighted by atomic mass is 10.1. The summed E-state index contributed by atoms with van der Waals surface area (Å²) in [5, 5.41) is 3.22. The molecule has 1 aromatic carbocycles. The van der Waals surface area contributed by atoms with Crippen LogP contribution in [0.5, 0.6) is 0 Å². The average Bonchev–Trinajstić information content (AvgIpc) is 2.90. The molecule has 0 saturated carbocycles. The highest BCUT2D eigenvalue weighted by Gasteiger charge is 2.27. The predicted molar refractivity (Wildman–Crippen MR) is 81.1 cm³/mol. The normalized spacial score (nSPS) is 18.7. The average molecular weight is 309 g/mol. The number of anilines is 1. The van der Waals surface area contributed by atoms with Gasteiger partial charge in [-0.15, -0.1) is 0 Å². The molecule has 114 valence electrons. The van der Waals surface area contributed by atoms with Crippen LogP contribution in [0.4, 0.5) is 5.69 Å². The largest absolute Gasteiger partial charge is 0.336 e. The third-order valence-electron chi connectivity index (χ3n) is 3.98. The van der Waals surface area contributed by atoms with Crippen molar-refractivity contribution in [3.05, 3.63) is 29.3 Å². The van der Waals surface area contributed by atoms with E-state index in [1.54, 1.807) is 12.1 Å². The number of nitrogens with one attached hydrogen (secondary N) is 1. The lowest BCUT2D eigenvalue weighted by Gasteiger charge is -2.27. The van der Waals surface area contributed by atoms with Gasteiger partial charge in [-0.25, -0.2) is 8.42 Å². The molecule has 0 radical (unpaired) electrons. The highest BCUT2D eigenvalue weighted by atomic mass is 32.2. The zero-order valence-corrected chi connectivity index (χ0v) is 12.8. The molecule has 0 aliphatic carbocycles. The van der Waals surface area contributed by atoms with Gasteiger partial charge in [0.15, 0.2) is 0 Å². The molecule has 3 rings (SSSR count). The van der Waals surface area contributed by atoms with Crippen molar-refractivity contribution in [2.75, 3.05) is 43.3 Å². The maximum absolute atomic E-state index is 12.4. The van der Waals surface area contributed by atoms with Gasteiger partial charge in [-0.05, 0) is 30.2 Å². The molecule has 21 heavy (non-hydrogen) atoms. The third-order valence-corrected chi connectivity index (χ3v) is 5.16. The van der Waals surface area contributed by atoms with Crippen LogP contribution in [0.3, 0.4) is 0 Å². The van der Waals surface area contributed by atoms with Gasteiger partial charge in [0.05, 0.1) is 11.9 Å². The van der Waals surface area contributed by atoms with Gasteiger partial charge in [0.1, 0.15) is 0 Å². The fourth-order valence-corrected chi connectivity index (χ4v) is 3.86. The molecule has 0 atom stereocenters. The van der Waals surface area contributed by atoms with E-state index in [4.69, 9.17) is 0 Å². The van der Waals surface area contributed by atoms with Gasteiger partial charge in [0.2, 0.25) is 10.0 Å². The van der Waals surface area contributed by atoms with Gasteiger partial charge >= 0.3 is 0 Å². The minimum Gasteiger partial charge on any atom is -0.336 e. The van der Waals surface area contributed by atoms with E-state index in [-0.39, 0.29) is 5.91 Å². The first-order chi connectivity index (χ1) is 9.97. The van der Waals surface area contributed by atoms with Crippen LogP contribution >= 0.6 is 0 Å². The van der Waals surface area contributed by atoms with E-state index in [1.807, 2.05) is 11.0 Å². The van der Waals surface area contributed by atoms with Crippen LogP contribution in [0.1, 0.15) is 15.9 Å². The summed E-state index contributed by atoms with van der Waals surface area (Å²) in [6, 6.07) is 5.32. The van der Waals surface area contributed by atoms with Crippen LogP contribution in [0.2, 0.25) is 0 Å². The molecule has 1 aromatic rings. The van der Waals surface area contributed by atoms with E-state index in [9.17, 15) is 13.2 Å². The van der Waals surface area contributed by atoms with E-state index in [1.165, 1.54) is 10.6 Å². The van der Waals surface area contributed by atoms with Gasteiger partial charge in [-0.1, -0.05) is 0 Å². The quantitative estimate of drug-likeness (QED) is 0.838. The summed E-state index contributed by atoms with van der Waals surface area (Å²) in [5.41, 5.74) is 2.28. The van der Waals surface area contributed by atoms with Crippen molar-refractivity contribution in [2.24, 2.45) is 0 Å². The molecule has 1 amide bonds. The number of benzene rings is 1. The smallest absolute Gasteiger partial charge is 0.253 e. The monoisotopic (exact) mass is 309 g/mol. The van der Waals surface area contributed by atoms with E-state index >= 15 is 0 Å². The first kappa shape index (κ1) is 14.3. The second-order valence-electron chi connectivity index (χ2n) is 5.47. The Morgan fingerprint density at radius 3 is 2.57 bits per heavy atom. The third kappa shape index (κ3) is 2.75. The second-order valence-corrected chi connectivity index (χ2v) is 7.38. The molecule has 2 aliphatic heterocycles. The summed E-state index contributed by atoms with van der Waals surface area (Å²) in [6.45, 7) is 3.52. The summed E-state index contributed by atoms with van der Waals surface area (Å²) >= 11 is 0. The zero-order valence-electron chi connectivity index (χ0n) is 12.0. The molecule has 0 aromatic heterocycles. The Hall–Kier alpha value is -1.60. The van der Waals surface area contributed by atoms with Crippen molar-refractivity contribution in [2.45, 2.75) is 6.42 Å². The van der Waals surface area contributed by atoms with Crippen molar-refractivity contribution in [3.8, 4) is 0 Å². The van der Waals surface area contributed by atoms with Crippen LogP contribution in [-0.2, 0) is 16.4 Å². The van der Waals surface area contributed by atoms with E-state index in [0.717, 1.165) is 18.7 Å². The minimum absolute atomic E-state index is 0.0251. The SMILES string of the molecule is CS(=O)(=O)N1CCc2cc(C(=O)N3CCNCC3)ccc21. The highest BCUT2D eigenvalue weighted by molar-refractivity contribution is 7.92. The Bertz CT molecular complexity index is 666. The number of fused-ring (bicyclic) bond motifs is 1. The van der Waals surface area contributed by atoms with Crippen LogP contribution in [0, 0.1) is 0 Å². The minimum atomic E-state index is -3.24. The summed E-state index contributed by atoms with van der Waals surface area (Å²) in [6.07, 6.45) is 1.87. The Morgan fingerprint density at radius 2 is 1.90 bits per heavy atom. The molecule has 2 heterocycles. The van der Waals surface area contributed by atoms with Crippen LogP contribution in [0.15, 0.2) is 18.2 Å². The van der Waals surface area contributed by atoms with Gasteiger partial charge in [-0.3, -0.25) is 9.10 Å². The number of hydrogen-bond acceptors (Lipinski definition) is 4. The Kier molecular flexibility index (Phi) is 3.62. The number of sulfonamides is 1. The summed E-state index contributed by atoms with van der Waals surface area (Å²) in [4.78, 5) is 14.3. The van der Waals surface area contributed by atoms with Gasteiger partial charge in [0.25, 0.3) is 5.91 Å². The molecule has 1 saturated heterocycles. The number of hydrogen-bond donors (Lipinski definition) is 1. The topological polar surface area (TPSA) is 69.7 Å². The zero-order chi connectivity index (χ0) is 15.0. The maximum Gasteiger partial charge on any atom is 0.253 e. The van der Waals surface area contributed by atoms with E-state index < -0.39 is 10.0 Å². The number of carbonyl (C=O) groups excluding carboxylic acids is 1. The lowest BCUT2D eigenvalue weighted by molar-refractivity contribution is 0.0735. The second kappa shape index (κ2) is 5.31.